The van der Waals surface area contributed by atoms with E-state index in [9.17, 15) is 21.6 Å². The van der Waals surface area contributed by atoms with Gasteiger partial charge in [0.2, 0.25) is 0 Å². The summed E-state index contributed by atoms with van der Waals surface area (Å²) in [4.78, 5) is -0.103. The van der Waals surface area contributed by atoms with Crippen LogP contribution in [0.25, 0.3) is 0 Å². The first-order chi connectivity index (χ1) is 9.46. The van der Waals surface area contributed by atoms with Gasteiger partial charge in [-0.1, -0.05) is 13.8 Å². The quantitative estimate of drug-likeness (QED) is 0.911. The van der Waals surface area contributed by atoms with Crippen LogP contribution in [0.1, 0.15) is 32.3 Å². The molecule has 1 aromatic carbocycles. The topological polar surface area (TPSA) is 60.2 Å². The Kier molecular flexibility index (Phi) is 3.87. The van der Waals surface area contributed by atoms with E-state index < -0.39 is 32.9 Å². The van der Waals surface area contributed by atoms with Gasteiger partial charge in [0.05, 0.1) is 15.7 Å². The molecule has 2 unspecified atom stereocenters. The van der Waals surface area contributed by atoms with Gasteiger partial charge < -0.3 is 5.73 Å². The number of rotatable bonds is 2. The Morgan fingerprint density at radius 2 is 1.71 bits per heavy atom. The maximum absolute atomic E-state index is 12.5. The Bertz CT molecular complexity index is 621. The van der Waals surface area contributed by atoms with E-state index >= 15 is 0 Å². The second kappa shape index (κ2) is 4.98. The first kappa shape index (κ1) is 16.3. The third kappa shape index (κ3) is 2.94. The molecule has 0 aromatic heterocycles. The summed E-state index contributed by atoms with van der Waals surface area (Å²) in [7, 11) is -3.71. The molecule has 2 N–H and O–H groups in total. The molecule has 1 aliphatic carbocycles. The summed E-state index contributed by atoms with van der Waals surface area (Å²) in [5.74, 6) is 0. The molecule has 21 heavy (non-hydrogen) atoms. The maximum Gasteiger partial charge on any atom is 0.416 e. The van der Waals surface area contributed by atoms with E-state index in [1.54, 1.807) is 0 Å². The van der Waals surface area contributed by atoms with Crippen LogP contribution < -0.4 is 5.73 Å². The third-order valence-electron chi connectivity index (χ3n) is 4.28. The van der Waals surface area contributed by atoms with Crippen LogP contribution in [0.5, 0.6) is 0 Å². The van der Waals surface area contributed by atoms with E-state index in [-0.39, 0.29) is 10.3 Å². The Balaban J connectivity index is 2.33. The van der Waals surface area contributed by atoms with Gasteiger partial charge in [0.15, 0.2) is 9.84 Å². The van der Waals surface area contributed by atoms with Gasteiger partial charge >= 0.3 is 6.18 Å². The maximum atomic E-state index is 12.5. The zero-order chi connectivity index (χ0) is 16.1. The van der Waals surface area contributed by atoms with Crippen LogP contribution in [-0.4, -0.2) is 19.7 Å². The summed E-state index contributed by atoms with van der Waals surface area (Å²) in [5.41, 5.74) is 4.87. The van der Waals surface area contributed by atoms with Gasteiger partial charge in [-0.15, -0.1) is 0 Å². The molecule has 1 aliphatic rings. The van der Waals surface area contributed by atoms with Gasteiger partial charge in [-0.25, -0.2) is 8.42 Å². The van der Waals surface area contributed by atoms with E-state index in [2.05, 4.69) is 0 Å². The smallest absolute Gasteiger partial charge is 0.326 e. The number of benzene rings is 1. The molecular formula is C14H18F3NO2S. The highest BCUT2D eigenvalue weighted by atomic mass is 32.2. The molecule has 7 heteroatoms. The monoisotopic (exact) mass is 321 g/mol. The summed E-state index contributed by atoms with van der Waals surface area (Å²) < 4.78 is 62.6. The fourth-order valence-electron chi connectivity index (χ4n) is 2.72. The van der Waals surface area contributed by atoms with E-state index in [1.807, 2.05) is 13.8 Å². The van der Waals surface area contributed by atoms with Crippen molar-refractivity contribution < 1.29 is 21.6 Å². The fraction of sp³-hybridized carbons (Fsp3) is 0.571. The molecule has 3 nitrogen and oxygen atoms in total. The van der Waals surface area contributed by atoms with E-state index in [0.29, 0.717) is 12.8 Å². The molecule has 0 aliphatic heterocycles. The van der Waals surface area contributed by atoms with Crippen molar-refractivity contribution in [3.63, 3.8) is 0 Å². The normalized spacial score (nSPS) is 26.0. The molecule has 2 rings (SSSR count). The highest BCUT2D eigenvalue weighted by Gasteiger charge is 2.46. The summed E-state index contributed by atoms with van der Waals surface area (Å²) >= 11 is 0. The summed E-state index contributed by atoms with van der Waals surface area (Å²) in [5, 5.41) is -0.746. The molecular weight excluding hydrogens is 303 g/mol. The van der Waals surface area contributed by atoms with Crippen molar-refractivity contribution >= 4 is 9.84 Å². The van der Waals surface area contributed by atoms with Crippen LogP contribution >= 0.6 is 0 Å². The molecule has 0 amide bonds. The predicted octanol–water partition coefficient (Wildman–Crippen LogP) is 3.00. The van der Waals surface area contributed by atoms with Crippen LogP contribution in [0.3, 0.4) is 0 Å². The number of halogens is 3. The van der Waals surface area contributed by atoms with Crippen LogP contribution in [0.2, 0.25) is 0 Å². The van der Waals surface area contributed by atoms with Crippen LogP contribution in [0, 0.1) is 5.41 Å². The van der Waals surface area contributed by atoms with Crippen molar-refractivity contribution in [2.24, 2.45) is 11.1 Å². The minimum absolute atomic E-state index is 0.103. The molecule has 1 saturated carbocycles. The van der Waals surface area contributed by atoms with Crippen molar-refractivity contribution in [3.8, 4) is 0 Å². The number of alkyl halides is 3. The molecule has 0 heterocycles. The van der Waals surface area contributed by atoms with Crippen molar-refractivity contribution in [2.45, 2.75) is 49.1 Å². The van der Waals surface area contributed by atoms with Crippen LogP contribution in [0.4, 0.5) is 13.2 Å². The standard InChI is InChI=1S/C14H18F3NO2S/c1-13(2)8-7-11(12(13)18)21(19,20)10-5-3-9(4-6-10)14(15,16)17/h3-6,11-12H,7-8,18H2,1-2H3. The Morgan fingerprint density at radius 1 is 1.19 bits per heavy atom. The predicted molar refractivity (Wildman–Crippen MR) is 73.4 cm³/mol. The molecule has 118 valence electrons. The Morgan fingerprint density at radius 3 is 2.10 bits per heavy atom. The lowest BCUT2D eigenvalue weighted by Gasteiger charge is -2.26. The van der Waals surface area contributed by atoms with E-state index in [0.717, 1.165) is 24.3 Å². The minimum Gasteiger partial charge on any atom is -0.326 e. The number of hydrogen-bond donors (Lipinski definition) is 1. The molecule has 0 bridgehead atoms. The molecule has 0 spiro atoms. The Hall–Kier alpha value is -1.08. The highest BCUT2D eigenvalue weighted by Crippen LogP contribution is 2.41. The Labute approximate surface area is 122 Å². The molecule has 0 radical (unpaired) electrons. The third-order valence-corrected chi connectivity index (χ3v) is 6.54. The molecule has 2 atom stereocenters. The van der Waals surface area contributed by atoms with Gasteiger partial charge in [-0.2, -0.15) is 13.2 Å². The summed E-state index contributed by atoms with van der Waals surface area (Å²) in [6, 6.07) is 3.08. The molecule has 1 fully saturated rings. The molecule has 1 aromatic rings. The summed E-state index contributed by atoms with van der Waals surface area (Å²) in [6.45, 7) is 3.81. The zero-order valence-corrected chi connectivity index (χ0v) is 12.6. The lowest BCUT2D eigenvalue weighted by molar-refractivity contribution is -0.137. The van der Waals surface area contributed by atoms with Gasteiger partial charge in [-0.3, -0.25) is 0 Å². The fourth-order valence-corrected chi connectivity index (χ4v) is 4.77. The van der Waals surface area contributed by atoms with E-state index in [1.165, 1.54) is 0 Å². The minimum atomic E-state index is -4.48. The van der Waals surface area contributed by atoms with Gasteiger partial charge in [0.1, 0.15) is 0 Å². The average molecular weight is 321 g/mol. The molecule has 0 saturated heterocycles. The summed E-state index contributed by atoms with van der Waals surface area (Å²) in [6.07, 6.45) is -3.37. The average Bonchev–Trinajstić information content (AvgIpc) is 2.64. The first-order valence-corrected chi connectivity index (χ1v) is 8.17. The second-order valence-electron chi connectivity index (χ2n) is 6.16. The zero-order valence-electron chi connectivity index (χ0n) is 11.8. The lowest BCUT2D eigenvalue weighted by atomic mass is 9.88. The van der Waals surface area contributed by atoms with E-state index in [4.69, 9.17) is 5.73 Å². The number of sulfone groups is 1. The van der Waals surface area contributed by atoms with Crippen LogP contribution in [0.15, 0.2) is 29.2 Å². The second-order valence-corrected chi connectivity index (χ2v) is 8.33. The van der Waals surface area contributed by atoms with Gasteiger partial charge in [-0.05, 0) is 42.5 Å². The highest BCUT2D eigenvalue weighted by molar-refractivity contribution is 7.92. The number of nitrogens with two attached hydrogens (primary N) is 1. The largest absolute Gasteiger partial charge is 0.416 e. The van der Waals surface area contributed by atoms with Crippen molar-refractivity contribution in [1.29, 1.82) is 0 Å². The van der Waals surface area contributed by atoms with Crippen LogP contribution in [-0.2, 0) is 16.0 Å². The van der Waals surface area contributed by atoms with Crippen molar-refractivity contribution in [1.82, 2.24) is 0 Å². The van der Waals surface area contributed by atoms with Crippen molar-refractivity contribution in [3.05, 3.63) is 29.8 Å². The van der Waals surface area contributed by atoms with Gasteiger partial charge in [0.25, 0.3) is 0 Å². The number of hydrogen-bond acceptors (Lipinski definition) is 3. The lowest BCUT2D eigenvalue weighted by Crippen LogP contribution is -2.43. The first-order valence-electron chi connectivity index (χ1n) is 6.63. The van der Waals surface area contributed by atoms with Gasteiger partial charge in [0, 0.05) is 6.04 Å². The van der Waals surface area contributed by atoms with Crippen molar-refractivity contribution in [2.75, 3.05) is 0 Å². The SMILES string of the molecule is CC1(C)CCC(S(=O)(=O)c2ccc(C(F)(F)F)cc2)C1N.